The van der Waals surface area contributed by atoms with Crippen molar-refractivity contribution in [2.75, 3.05) is 30.5 Å². The number of methoxy groups -OCH3 is 1. The van der Waals surface area contributed by atoms with E-state index in [9.17, 15) is 19.1 Å². The molecule has 0 spiro atoms. The highest BCUT2D eigenvalue weighted by Gasteiger charge is 2.16. The van der Waals surface area contributed by atoms with Crippen LogP contribution in [-0.4, -0.2) is 37.4 Å². The third-order valence-electron chi connectivity index (χ3n) is 4.00. The first-order chi connectivity index (χ1) is 13.5. The molecule has 0 saturated heterocycles. The number of rotatable bonds is 7. The first-order valence-electron chi connectivity index (χ1n) is 8.53. The van der Waals surface area contributed by atoms with E-state index in [1.165, 1.54) is 24.1 Å². The zero-order valence-corrected chi connectivity index (χ0v) is 15.3. The number of hydrogen-bond acceptors (Lipinski definition) is 5. The zero-order valence-electron chi connectivity index (χ0n) is 15.3. The average molecular weight is 385 g/mol. The number of carbonyl (C=O) groups is 2. The number of anilines is 2. The Bertz CT molecular complexity index is 878. The van der Waals surface area contributed by atoms with Crippen molar-refractivity contribution in [3.8, 4) is 6.07 Å². The van der Waals surface area contributed by atoms with Crippen LogP contribution in [0.4, 0.5) is 20.6 Å². The van der Waals surface area contributed by atoms with Gasteiger partial charge in [0.2, 0.25) is 0 Å². The summed E-state index contributed by atoms with van der Waals surface area (Å²) in [5.41, 5.74) is 1.50. The summed E-state index contributed by atoms with van der Waals surface area (Å²) >= 11 is 0. The Labute approximate surface area is 162 Å². The molecule has 7 nitrogen and oxygen atoms in total. The second kappa shape index (κ2) is 10.0. The van der Waals surface area contributed by atoms with Gasteiger partial charge in [0.15, 0.2) is 0 Å². The Morgan fingerprint density at radius 1 is 1.25 bits per heavy atom. The molecule has 0 unspecified atom stereocenters. The minimum absolute atomic E-state index is 0.0338. The highest BCUT2D eigenvalue weighted by atomic mass is 19.1. The van der Waals surface area contributed by atoms with Crippen molar-refractivity contribution in [1.29, 1.82) is 5.26 Å². The zero-order chi connectivity index (χ0) is 20.5. The van der Waals surface area contributed by atoms with E-state index < -0.39 is 11.8 Å². The summed E-state index contributed by atoms with van der Waals surface area (Å²) in [7, 11) is 1.33. The van der Waals surface area contributed by atoms with E-state index in [1.807, 2.05) is 0 Å². The van der Waals surface area contributed by atoms with Gasteiger partial charge in [0, 0.05) is 17.8 Å². The fourth-order valence-corrected chi connectivity index (χ4v) is 2.51. The molecule has 0 aliphatic rings. The van der Waals surface area contributed by atoms with Crippen molar-refractivity contribution in [1.82, 2.24) is 0 Å². The standard InChI is InChI=1S/C20H20FN3O4/c1-28-19(26)9-4-14-2-7-17(8-3-14)24(10-11-25)20(27)23-16-6-5-15(13-22)18(21)12-16/h2-3,5-8,12,25H,4,9-11H2,1H3,(H,23,27). The number of nitrogens with one attached hydrogen (secondary N) is 1. The number of urea groups is 1. The molecule has 146 valence electrons. The Morgan fingerprint density at radius 2 is 1.96 bits per heavy atom. The van der Waals surface area contributed by atoms with Crippen LogP contribution in [0.15, 0.2) is 42.5 Å². The smallest absolute Gasteiger partial charge is 0.326 e. The number of carbonyl (C=O) groups excluding carboxylic acids is 2. The van der Waals surface area contributed by atoms with Crippen LogP contribution < -0.4 is 10.2 Å². The van der Waals surface area contributed by atoms with Crippen molar-refractivity contribution in [3.05, 3.63) is 59.4 Å². The Balaban J connectivity index is 2.11. The lowest BCUT2D eigenvalue weighted by Crippen LogP contribution is -2.37. The topological polar surface area (TPSA) is 103 Å². The second-order valence-electron chi connectivity index (χ2n) is 5.85. The third kappa shape index (κ3) is 5.53. The molecule has 2 aromatic carbocycles. The first kappa shape index (κ1) is 20.9. The van der Waals surface area contributed by atoms with Crippen LogP contribution in [0.5, 0.6) is 0 Å². The molecule has 8 heteroatoms. The average Bonchev–Trinajstić information content (AvgIpc) is 2.70. The van der Waals surface area contributed by atoms with Crippen molar-refractivity contribution in [3.63, 3.8) is 0 Å². The number of halogens is 1. The van der Waals surface area contributed by atoms with E-state index in [0.29, 0.717) is 12.1 Å². The van der Waals surface area contributed by atoms with E-state index in [4.69, 9.17) is 5.26 Å². The lowest BCUT2D eigenvalue weighted by molar-refractivity contribution is -0.140. The van der Waals surface area contributed by atoms with Crippen LogP contribution in [-0.2, 0) is 16.0 Å². The number of nitriles is 1. The summed E-state index contributed by atoms with van der Waals surface area (Å²) in [5.74, 6) is -1.04. The van der Waals surface area contributed by atoms with Crippen molar-refractivity contribution < 1.29 is 23.8 Å². The Kier molecular flexibility index (Phi) is 7.48. The number of amides is 2. The number of ether oxygens (including phenoxy) is 1. The summed E-state index contributed by atoms with van der Waals surface area (Å²) in [6.07, 6.45) is 0.755. The molecule has 0 bridgehead atoms. The summed E-state index contributed by atoms with van der Waals surface area (Å²) in [6.45, 7) is -0.231. The fourth-order valence-electron chi connectivity index (χ4n) is 2.51. The maximum atomic E-state index is 13.7. The summed E-state index contributed by atoms with van der Waals surface area (Å²) in [6, 6.07) is 11.9. The minimum Gasteiger partial charge on any atom is -0.469 e. The quantitative estimate of drug-likeness (QED) is 0.714. The molecular formula is C20H20FN3O4. The molecule has 0 heterocycles. The van der Waals surface area contributed by atoms with Gasteiger partial charge in [0.25, 0.3) is 0 Å². The summed E-state index contributed by atoms with van der Waals surface area (Å²) < 4.78 is 18.3. The van der Waals surface area contributed by atoms with Gasteiger partial charge in [0.05, 0.1) is 25.8 Å². The van der Waals surface area contributed by atoms with Gasteiger partial charge >= 0.3 is 12.0 Å². The number of aryl methyl sites for hydroxylation is 1. The van der Waals surface area contributed by atoms with Crippen LogP contribution in [0.1, 0.15) is 17.5 Å². The maximum Gasteiger partial charge on any atom is 0.326 e. The van der Waals surface area contributed by atoms with Gasteiger partial charge < -0.3 is 15.2 Å². The highest BCUT2D eigenvalue weighted by Crippen LogP contribution is 2.19. The van der Waals surface area contributed by atoms with Gasteiger partial charge in [-0.1, -0.05) is 12.1 Å². The van der Waals surface area contributed by atoms with Crippen LogP contribution in [0.2, 0.25) is 0 Å². The van der Waals surface area contributed by atoms with Gasteiger partial charge in [-0.05, 0) is 42.3 Å². The van der Waals surface area contributed by atoms with Gasteiger partial charge in [-0.25, -0.2) is 9.18 Å². The van der Waals surface area contributed by atoms with Crippen LogP contribution in [0.25, 0.3) is 0 Å². The molecule has 0 atom stereocenters. The Hall–Kier alpha value is -3.44. The predicted molar refractivity (Wildman–Crippen MR) is 101 cm³/mol. The highest BCUT2D eigenvalue weighted by molar-refractivity contribution is 6.01. The largest absolute Gasteiger partial charge is 0.469 e. The lowest BCUT2D eigenvalue weighted by atomic mass is 10.1. The number of benzene rings is 2. The molecule has 2 N–H and O–H groups in total. The second-order valence-corrected chi connectivity index (χ2v) is 5.85. The fraction of sp³-hybridized carbons (Fsp3) is 0.250. The molecule has 0 aliphatic heterocycles. The molecule has 2 amide bonds. The molecule has 2 rings (SSSR count). The molecule has 0 saturated carbocycles. The Morgan fingerprint density at radius 3 is 2.54 bits per heavy atom. The summed E-state index contributed by atoms with van der Waals surface area (Å²) in [4.78, 5) is 25.1. The van der Waals surface area contributed by atoms with E-state index in [-0.39, 0.29) is 36.8 Å². The molecule has 0 fully saturated rings. The van der Waals surface area contributed by atoms with Gasteiger partial charge in [0.1, 0.15) is 11.9 Å². The number of aliphatic hydroxyl groups excluding tert-OH is 1. The third-order valence-corrected chi connectivity index (χ3v) is 4.00. The number of aliphatic hydroxyl groups is 1. The van der Waals surface area contributed by atoms with E-state index in [2.05, 4.69) is 10.1 Å². The monoisotopic (exact) mass is 385 g/mol. The van der Waals surface area contributed by atoms with Gasteiger partial charge in [-0.2, -0.15) is 5.26 Å². The van der Waals surface area contributed by atoms with Crippen LogP contribution in [0.3, 0.4) is 0 Å². The molecule has 0 radical (unpaired) electrons. The lowest BCUT2D eigenvalue weighted by Gasteiger charge is -2.22. The van der Waals surface area contributed by atoms with E-state index in [1.54, 1.807) is 30.3 Å². The van der Waals surface area contributed by atoms with Crippen molar-refractivity contribution in [2.45, 2.75) is 12.8 Å². The molecule has 0 aromatic heterocycles. The predicted octanol–water partition coefficient (Wildman–Crippen LogP) is 2.83. The van der Waals surface area contributed by atoms with E-state index in [0.717, 1.165) is 11.6 Å². The first-order valence-corrected chi connectivity index (χ1v) is 8.53. The SMILES string of the molecule is COC(=O)CCc1ccc(N(CCO)C(=O)Nc2ccc(C#N)c(F)c2)cc1. The van der Waals surface area contributed by atoms with Gasteiger partial charge in [-0.15, -0.1) is 0 Å². The molecular weight excluding hydrogens is 365 g/mol. The number of nitrogens with zero attached hydrogens (tertiary/aromatic N) is 2. The maximum absolute atomic E-state index is 13.7. The van der Waals surface area contributed by atoms with Crippen molar-refractivity contribution >= 4 is 23.4 Å². The van der Waals surface area contributed by atoms with Crippen molar-refractivity contribution in [2.24, 2.45) is 0 Å². The van der Waals surface area contributed by atoms with Crippen LogP contribution in [0, 0.1) is 17.1 Å². The van der Waals surface area contributed by atoms with Gasteiger partial charge in [-0.3, -0.25) is 9.69 Å². The van der Waals surface area contributed by atoms with Crippen LogP contribution >= 0.6 is 0 Å². The molecule has 0 aliphatic carbocycles. The number of hydrogen-bond donors (Lipinski definition) is 2. The normalized spacial score (nSPS) is 10.1. The van der Waals surface area contributed by atoms with E-state index >= 15 is 0 Å². The molecule has 28 heavy (non-hydrogen) atoms. The number of esters is 1. The molecule has 2 aromatic rings. The summed E-state index contributed by atoms with van der Waals surface area (Å²) in [5, 5.41) is 20.6. The minimum atomic E-state index is -0.732.